The SMILES string of the molecule is FC(F)CNc1ccc2c(c1)OCCCO2. The first kappa shape index (κ1) is 11.0. The molecule has 0 saturated carbocycles. The molecule has 88 valence electrons. The first-order valence-electron chi connectivity index (χ1n) is 5.17. The van der Waals surface area contributed by atoms with Crippen molar-refractivity contribution in [1.29, 1.82) is 0 Å². The Morgan fingerprint density at radius 3 is 2.69 bits per heavy atom. The molecule has 0 atom stereocenters. The van der Waals surface area contributed by atoms with Crippen LogP contribution in [0.1, 0.15) is 6.42 Å². The zero-order chi connectivity index (χ0) is 11.4. The first-order valence-corrected chi connectivity index (χ1v) is 5.17. The number of rotatable bonds is 3. The van der Waals surface area contributed by atoms with E-state index in [1.807, 2.05) is 0 Å². The van der Waals surface area contributed by atoms with Gasteiger partial charge in [0, 0.05) is 18.2 Å². The number of anilines is 1. The van der Waals surface area contributed by atoms with Crippen molar-refractivity contribution in [2.45, 2.75) is 12.8 Å². The standard InChI is InChI=1S/C11H13F2NO2/c12-11(13)7-14-8-2-3-9-10(6-8)16-5-1-4-15-9/h2-3,6,11,14H,1,4-5,7H2. The molecule has 2 rings (SSSR count). The number of fused-ring (bicyclic) bond motifs is 1. The van der Waals surface area contributed by atoms with Gasteiger partial charge in [0.2, 0.25) is 0 Å². The zero-order valence-electron chi connectivity index (χ0n) is 8.71. The normalized spacial score (nSPS) is 14.7. The maximum Gasteiger partial charge on any atom is 0.255 e. The summed E-state index contributed by atoms with van der Waals surface area (Å²) in [7, 11) is 0. The Hall–Kier alpha value is -1.52. The van der Waals surface area contributed by atoms with Crippen molar-refractivity contribution in [2.24, 2.45) is 0 Å². The second-order valence-electron chi connectivity index (χ2n) is 3.48. The van der Waals surface area contributed by atoms with Crippen LogP contribution in [0.15, 0.2) is 18.2 Å². The highest BCUT2D eigenvalue weighted by Crippen LogP contribution is 2.32. The summed E-state index contributed by atoms with van der Waals surface area (Å²) >= 11 is 0. The third-order valence-corrected chi connectivity index (χ3v) is 2.21. The third-order valence-electron chi connectivity index (χ3n) is 2.21. The second kappa shape index (κ2) is 5.01. The predicted molar refractivity (Wildman–Crippen MR) is 56.5 cm³/mol. The lowest BCUT2D eigenvalue weighted by atomic mass is 10.2. The van der Waals surface area contributed by atoms with E-state index >= 15 is 0 Å². The maximum absolute atomic E-state index is 12.0. The summed E-state index contributed by atoms with van der Waals surface area (Å²) in [6.07, 6.45) is -1.54. The van der Waals surface area contributed by atoms with Crippen LogP contribution in [-0.4, -0.2) is 26.2 Å². The van der Waals surface area contributed by atoms with Crippen LogP contribution in [0.25, 0.3) is 0 Å². The van der Waals surface area contributed by atoms with Gasteiger partial charge in [-0.25, -0.2) is 8.78 Å². The van der Waals surface area contributed by atoms with Crippen LogP contribution in [-0.2, 0) is 0 Å². The minimum atomic E-state index is -2.36. The average Bonchev–Trinajstić information content (AvgIpc) is 2.50. The fraction of sp³-hybridized carbons (Fsp3) is 0.455. The number of hydrogen-bond donors (Lipinski definition) is 1. The van der Waals surface area contributed by atoms with E-state index in [4.69, 9.17) is 9.47 Å². The molecule has 3 nitrogen and oxygen atoms in total. The van der Waals surface area contributed by atoms with Crippen LogP contribution in [0, 0.1) is 0 Å². The van der Waals surface area contributed by atoms with Gasteiger partial charge < -0.3 is 14.8 Å². The summed E-state index contributed by atoms with van der Waals surface area (Å²) in [5, 5.41) is 2.63. The van der Waals surface area contributed by atoms with Crippen molar-refractivity contribution in [3.8, 4) is 11.5 Å². The van der Waals surface area contributed by atoms with Gasteiger partial charge in [-0.3, -0.25) is 0 Å². The Kier molecular flexibility index (Phi) is 3.44. The number of hydrogen-bond acceptors (Lipinski definition) is 3. The summed E-state index contributed by atoms with van der Waals surface area (Å²) < 4.78 is 34.9. The molecule has 0 amide bonds. The van der Waals surface area contributed by atoms with Gasteiger partial charge in [-0.1, -0.05) is 0 Å². The van der Waals surface area contributed by atoms with E-state index in [-0.39, 0.29) is 6.54 Å². The molecule has 0 aromatic heterocycles. The van der Waals surface area contributed by atoms with Crippen LogP contribution >= 0.6 is 0 Å². The van der Waals surface area contributed by atoms with Gasteiger partial charge in [0.25, 0.3) is 6.43 Å². The summed E-state index contributed by atoms with van der Waals surface area (Å²) in [5.74, 6) is 1.27. The third kappa shape index (κ3) is 2.74. The van der Waals surface area contributed by atoms with Crippen molar-refractivity contribution < 1.29 is 18.3 Å². The van der Waals surface area contributed by atoms with Gasteiger partial charge in [0.05, 0.1) is 19.8 Å². The van der Waals surface area contributed by atoms with Gasteiger partial charge in [0.1, 0.15) is 0 Å². The Balaban J connectivity index is 2.08. The Morgan fingerprint density at radius 2 is 1.94 bits per heavy atom. The molecule has 1 aliphatic heterocycles. The predicted octanol–water partition coefficient (Wildman–Crippen LogP) is 2.52. The number of ether oxygens (including phenoxy) is 2. The molecule has 0 radical (unpaired) electrons. The second-order valence-corrected chi connectivity index (χ2v) is 3.48. The highest BCUT2D eigenvalue weighted by molar-refractivity contribution is 5.55. The molecule has 0 unspecified atom stereocenters. The maximum atomic E-state index is 12.0. The summed E-state index contributed by atoms with van der Waals surface area (Å²) in [6.45, 7) is 0.849. The molecule has 1 aromatic carbocycles. The summed E-state index contributed by atoms with van der Waals surface area (Å²) in [4.78, 5) is 0. The lowest BCUT2D eigenvalue weighted by Crippen LogP contribution is -2.10. The fourth-order valence-corrected chi connectivity index (χ4v) is 1.47. The van der Waals surface area contributed by atoms with Crippen molar-refractivity contribution in [3.05, 3.63) is 18.2 Å². The molecule has 1 N–H and O–H groups in total. The van der Waals surface area contributed by atoms with E-state index in [1.165, 1.54) is 0 Å². The Morgan fingerprint density at radius 1 is 1.19 bits per heavy atom. The highest BCUT2D eigenvalue weighted by atomic mass is 19.3. The van der Waals surface area contributed by atoms with E-state index in [2.05, 4.69) is 5.32 Å². The summed E-state index contributed by atoms with van der Waals surface area (Å²) in [6, 6.07) is 5.12. The lowest BCUT2D eigenvalue weighted by Gasteiger charge is -2.10. The molecule has 1 aliphatic rings. The van der Waals surface area contributed by atoms with E-state index < -0.39 is 6.43 Å². The monoisotopic (exact) mass is 229 g/mol. The fourth-order valence-electron chi connectivity index (χ4n) is 1.47. The van der Waals surface area contributed by atoms with Crippen LogP contribution in [0.3, 0.4) is 0 Å². The van der Waals surface area contributed by atoms with Gasteiger partial charge in [-0.2, -0.15) is 0 Å². The van der Waals surface area contributed by atoms with Crippen molar-refractivity contribution in [2.75, 3.05) is 25.1 Å². The van der Waals surface area contributed by atoms with E-state index in [9.17, 15) is 8.78 Å². The van der Waals surface area contributed by atoms with Gasteiger partial charge in [-0.05, 0) is 12.1 Å². The molecule has 0 fully saturated rings. The number of benzene rings is 1. The van der Waals surface area contributed by atoms with Gasteiger partial charge in [-0.15, -0.1) is 0 Å². The molecule has 16 heavy (non-hydrogen) atoms. The number of halogens is 2. The average molecular weight is 229 g/mol. The molecule has 0 bridgehead atoms. The first-order chi connectivity index (χ1) is 7.75. The summed E-state index contributed by atoms with van der Waals surface area (Å²) in [5.41, 5.74) is 0.615. The Bertz CT molecular complexity index is 358. The highest BCUT2D eigenvalue weighted by Gasteiger charge is 2.11. The smallest absolute Gasteiger partial charge is 0.255 e. The molecule has 5 heteroatoms. The van der Waals surface area contributed by atoms with Crippen LogP contribution in [0.2, 0.25) is 0 Å². The number of nitrogens with one attached hydrogen (secondary N) is 1. The van der Waals surface area contributed by atoms with E-state index in [0.717, 1.165) is 6.42 Å². The minimum absolute atomic E-state index is 0.361. The molecule has 1 heterocycles. The Labute approximate surface area is 92.4 Å². The van der Waals surface area contributed by atoms with Gasteiger partial charge in [0.15, 0.2) is 11.5 Å². The largest absolute Gasteiger partial charge is 0.490 e. The lowest BCUT2D eigenvalue weighted by molar-refractivity contribution is 0.163. The van der Waals surface area contributed by atoms with E-state index in [0.29, 0.717) is 30.4 Å². The molecule has 1 aromatic rings. The van der Waals surface area contributed by atoms with Crippen LogP contribution in [0.5, 0.6) is 11.5 Å². The molecule has 0 aliphatic carbocycles. The van der Waals surface area contributed by atoms with Gasteiger partial charge >= 0.3 is 0 Å². The quantitative estimate of drug-likeness (QED) is 0.863. The number of alkyl halides is 2. The molecular formula is C11H13F2NO2. The van der Waals surface area contributed by atoms with E-state index in [1.54, 1.807) is 18.2 Å². The van der Waals surface area contributed by atoms with Crippen LogP contribution in [0.4, 0.5) is 14.5 Å². The van der Waals surface area contributed by atoms with Crippen molar-refractivity contribution in [3.63, 3.8) is 0 Å². The molecule has 0 spiro atoms. The molecular weight excluding hydrogens is 216 g/mol. The van der Waals surface area contributed by atoms with Crippen molar-refractivity contribution >= 4 is 5.69 Å². The topological polar surface area (TPSA) is 30.5 Å². The minimum Gasteiger partial charge on any atom is -0.490 e. The van der Waals surface area contributed by atoms with Crippen molar-refractivity contribution in [1.82, 2.24) is 0 Å². The zero-order valence-corrected chi connectivity index (χ0v) is 8.71. The van der Waals surface area contributed by atoms with Crippen LogP contribution < -0.4 is 14.8 Å². The molecule has 0 saturated heterocycles.